The molecule has 19 heavy (non-hydrogen) atoms. The monoisotopic (exact) mass is 275 g/mol. The quantitative estimate of drug-likeness (QED) is 0.822. The van der Waals surface area contributed by atoms with Gasteiger partial charge in [0.2, 0.25) is 0 Å². The Bertz CT molecular complexity index is 479. The second kappa shape index (κ2) is 6.68. The molecule has 0 radical (unpaired) electrons. The molecule has 4 heteroatoms. The van der Waals surface area contributed by atoms with Gasteiger partial charge in [-0.1, -0.05) is 19.1 Å². The van der Waals surface area contributed by atoms with Crippen LogP contribution in [0.3, 0.4) is 0 Å². The smallest absolute Gasteiger partial charge is 0.0795 e. The number of hydrogen-bond acceptors (Lipinski definition) is 4. The Labute approximate surface area is 119 Å². The number of nitrogen functional groups attached to an aromatic ring is 1. The van der Waals surface area contributed by atoms with Gasteiger partial charge in [-0.3, -0.25) is 0 Å². The predicted molar refractivity (Wildman–Crippen MR) is 82.3 cm³/mol. The molecule has 102 valence electrons. The Morgan fingerprint density at radius 3 is 2.68 bits per heavy atom. The molecule has 1 aromatic heterocycles. The van der Waals surface area contributed by atoms with Crippen molar-refractivity contribution in [3.8, 4) is 0 Å². The summed E-state index contributed by atoms with van der Waals surface area (Å²) in [5, 5.41) is 2.11. The van der Waals surface area contributed by atoms with Crippen LogP contribution in [0.25, 0.3) is 0 Å². The summed E-state index contributed by atoms with van der Waals surface area (Å²) < 4.78 is 0. The standard InChI is InChI=1S/C15H21N3S/c1-12(13-3-5-14(16)6-4-13)7-8-18(2)9-15-10-19-11-17-15/h3-6,10-12H,7-9,16H2,1-2H3. The van der Waals surface area contributed by atoms with Gasteiger partial charge in [0, 0.05) is 17.6 Å². The third-order valence-corrected chi connectivity index (χ3v) is 4.00. The highest BCUT2D eigenvalue weighted by Crippen LogP contribution is 2.20. The minimum atomic E-state index is 0.554. The van der Waals surface area contributed by atoms with Gasteiger partial charge in [0.25, 0.3) is 0 Å². The molecule has 2 aromatic rings. The van der Waals surface area contributed by atoms with E-state index in [2.05, 4.69) is 41.4 Å². The van der Waals surface area contributed by atoms with E-state index in [0.29, 0.717) is 5.92 Å². The molecule has 1 atom stereocenters. The molecule has 3 nitrogen and oxygen atoms in total. The van der Waals surface area contributed by atoms with Crippen LogP contribution in [0.15, 0.2) is 35.2 Å². The van der Waals surface area contributed by atoms with Gasteiger partial charge >= 0.3 is 0 Å². The number of rotatable bonds is 6. The van der Waals surface area contributed by atoms with E-state index in [9.17, 15) is 0 Å². The molecular formula is C15H21N3S. The summed E-state index contributed by atoms with van der Waals surface area (Å²) in [5.41, 5.74) is 10.9. The van der Waals surface area contributed by atoms with Crippen molar-refractivity contribution in [2.24, 2.45) is 0 Å². The van der Waals surface area contributed by atoms with Gasteiger partial charge < -0.3 is 10.6 Å². The molecule has 2 rings (SSSR count). The number of nitrogens with zero attached hydrogens (tertiary/aromatic N) is 2. The van der Waals surface area contributed by atoms with E-state index >= 15 is 0 Å². The van der Waals surface area contributed by atoms with E-state index in [1.807, 2.05) is 17.6 Å². The molecule has 0 fully saturated rings. The van der Waals surface area contributed by atoms with E-state index in [4.69, 9.17) is 5.73 Å². The van der Waals surface area contributed by atoms with Gasteiger partial charge in [-0.25, -0.2) is 4.98 Å². The van der Waals surface area contributed by atoms with Crippen LogP contribution in [0, 0.1) is 0 Å². The summed E-state index contributed by atoms with van der Waals surface area (Å²) in [6.07, 6.45) is 1.14. The molecule has 1 aromatic carbocycles. The highest BCUT2D eigenvalue weighted by atomic mass is 32.1. The van der Waals surface area contributed by atoms with Gasteiger partial charge in [0.1, 0.15) is 0 Å². The molecule has 0 bridgehead atoms. The average Bonchev–Trinajstić information content (AvgIpc) is 2.89. The van der Waals surface area contributed by atoms with Crippen LogP contribution in [-0.2, 0) is 6.54 Å². The van der Waals surface area contributed by atoms with Crippen molar-refractivity contribution < 1.29 is 0 Å². The molecule has 0 aliphatic rings. The lowest BCUT2D eigenvalue weighted by atomic mass is 9.97. The third-order valence-electron chi connectivity index (χ3n) is 3.36. The Kier molecular flexibility index (Phi) is 4.93. The SMILES string of the molecule is CC(CCN(C)Cc1cscn1)c1ccc(N)cc1. The molecule has 0 spiro atoms. The highest BCUT2D eigenvalue weighted by Gasteiger charge is 2.08. The van der Waals surface area contributed by atoms with Crippen LogP contribution in [0.4, 0.5) is 5.69 Å². The van der Waals surface area contributed by atoms with Crippen molar-refractivity contribution in [3.63, 3.8) is 0 Å². The fourth-order valence-corrected chi connectivity index (χ4v) is 2.63. The number of aromatic nitrogens is 1. The predicted octanol–water partition coefficient (Wildman–Crippen LogP) is 3.35. The number of benzene rings is 1. The minimum Gasteiger partial charge on any atom is -0.399 e. The lowest BCUT2D eigenvalue weighted by molar-refractivity contribution is 0.310. The lowest BCUT2D eigenvalue weighted by Crippen LogP contribution is -2.20. The number of thiazole rings is 1. The molecule has 1 heterocycles. The van der Waals surface area contributed by atoms with Crippen molar-refractivity contribution >= 4 is 17.0 Å². The van der Waals surface area contributed by atoms with Crippen molar-refractivity contribution in [2.45, 2.75) is 25.8 Å². The normalized spacial score (nSPS) is 12.8. The zero-order valence-electron chi connectivity index (χ0n) is 11.5. The topological polar surface area (TPSA) is 42.2 Å². The summed E-state index contributed by atoms with van der Waals surface area (Å²) in [5.74, 6) is 0.554. The van der Waals surface area contributed by atoms with Crippen molar-refractivity contribution in [1.82, 2.24) is 9.88 Å². The first kappa shape index (κ1) is 14.0. The van der Waals surface area contributed by atoms with E-state index in [-0.39, 0.29) is 0 Å². The minimum absolute atomic E-state index is 0.554. The average molecular weight is 275 g/mol. The molecule has 0 amide bonds. The van der Waals surface area contributed by atoms with Crippen LogP contribution in [0.1, 0.15) is 30.5 Å². The summed E-state index contributed by atoms with van der Waals surface area (Å²) >= 11 is 1.65. The largest absolute Gasteiger partial charge is 0.399 e. The van der Waals surface area contributed by atoms with Gasteiger partial charge in [0.05, 0.1) is 11.2 Å². The van der Waals surface area contributed by atoms with Crippen molar-refractivity contribution in [1.29, 1.82) is 0 Å². The van der Waals surface area contributed by atoms with Gasteiger partial charge in [-0.2, -0.15) is 0 Å². The maximum atomic E-state index is 5.71. The Morgan fingerprint density at radius 1 is 1.32 bits per heavy atom. The van der Waals surface area contributed by atoms with E-state index in [1.54, 1.807) is 11.3 Å². The van der Waals surface area contributed by atoms with Crippen LogP contribution >= 0.6 is 11.3 Å². The summed E-state index contributed by atoms with van der Waals surface area (Å²) in [6.45, 7) is 4.27. The Morgan fingerprint density at radius 2 is 2.05 bits per heavy atom. The summed E-state index contributed by atoms with van der Waals surface area (Å²) in [4.78, 5) is 6.64. The Balaban J connectivity index is 1.79. The first-order chi connectivity index (χ1) is 9.15. The van der Waals surface area contributed by atoms with Crippen molar-refractivity contribution in [2.75, 3.05) is 19.3 Å². The third kappa shape index (κ3) is 4.33. The first-order valence-corrected chi connectivity index (χ1v) is 7.50. The van der Waals surface area contributed by atoms with Crippen LogP contribution in [-0.4, -0.2) is 23.5 Å². The number of hydrogen-bond donors (Lipinski definition) is 1. The fourth-order valence-electron chi connectivity index (χ4n) is 2.08. The zero-order valence-corrected chi connectivity index (χ0v) is 12.4. The maximum Gasteiger partial charge on any atom is 0.0795 e. The van der Waals surface area contributed by atoms with Gasteiger partial charge in [-0.05, 0) is 43.6 Å². The molecule has 0 saturated carbocycles. The number of nitrogens with two attached hydrogens (primary N) is 1. The first-order valence-electron chi connectivity index (χ1n) is 6.56. The second-order valence-electron chi connectivity index (χ2n) is 5.07. The van der Waals surface area contributed by atoms with Crippen molar-refractivity contribution in [3.05, 3.63) is 46.4 Å². The molecule has 0 aliphatic carbocycles. The fraction of sp³-hybridized carbons (Fsp3) is 0.400. The van der Waals surface area contributed by atoms with Crippen LogP contribution < -0.4 is 5.73 Å². The van der Waals surface area contributed by atoms with Gasteiger partial charge in [0.15, 0.2) is 0 Å². The summed E-state index contributed by atoms with van der Waals surface area (Å²) in [6, 6.07) is 8.20. The molecular weight excluding hydrogens is 254 g/mol. The molecule has 0 aliphatic heterocycles. The lowest BCUT2D eigenvalue weighted by Gasteiger charge is -2.18. The molecule has 2 N–H and O–H groups in total. The Hall–Kier alpha value is -1.39. The van der Waals surface area contributed by atoms with Crippen LogP contribution in [0.5, 0.6) is 0 Å². The number of anilines is 1. The van der Waals surface area contributed by atoms with E-state index in [0.717, 1.165) is 30.9 Å². The van der Waals surface area contributed by atoms with E-state index in [1.165, 1.54) is 5.56 Å². The molecule has 1 unspecified atom stereocenters. The van der Waals surface area contributed by atoms with E-state index < -0.39 is 0 Å². The zero-order chi connectivity index (χ0) is 13.7. The van der Waals surface area contributed by atoms with Gasteiger partial charge in [-0.15, -0.1) is 11.3 Å². The highest BCUT2D eigenvalue weighted by molar-refractivity contribution is 7.07. The second-order valence-corrected chi connectivity index (χ2v) is 5.79. The maximum absolute atomic E-state index is 5.71. The van der Waals surface area contributed by atoms with Crippen LogP contribution in [0.2, 0.25) is 0 Å². The summed E-state index contributed by atoms with van der Waals surface area (Å²) in [7, 11) is 2.15. The molecule has 0 saturated heterocycles.